The van der Waals surface area contributed by atoms with Crippen molar-refractivity contribution in [3.8, 4) is 0 Å². The van der Waals surface area contributed by atoms with Gasteiger partial charge in [-0.1, -0.05) is 0 Å². The molecule has 1 fully saturated rings. The Balaban J connectivity index is 2.16. The summed E-state index contributed by atoms with van der Waals surface area (Å²) in [5.74, 6) is 5.00. The Morgan fingerprint density at radius 3 is 3.06 bits per heavy atom. The monoisotopic (exact) mass is 241 g/mol. The SMILES string of the molecule is CC1(Nc2nc(NN)ncc2F)CCCOC1. The number of aromatic nitrogens is 2. The lowest BCUT2D eigenvalue weighted by Crippen LogP contribution is -2.43. The highest BCUT2D eigenvalue weighted by Gasteiger charge is 2.28. The molecule has 94 valence electrons. The van der Waals surface area contributed by atoms with E-state index in [1.165, 1.54) is 0 Å². The summed E-state index contributed by atoms with van der Waals surface area (Å²) >= 11 is 0. The lowest BCUT2D eigenvalue weighted by molar-refractivity contribution is 0.0537. The lowest BCUT2D eigenvalue weighted by Gasteiger charge is -2.34. The third-order valence-corrected chi connectivity index (χ3v) is 2.73. The number of halogens is 1. The van der Waals surface area contributed by atoms with Crippen molar-refractivity contribution in [1.82, 2.24) is 9.97 Å². The Hall–Kier alpha value is -1.47. The molecule has 1 unspecified atom stereocenters. The average Bonchev–Trinajstić information content (AvgIpc) is 2.33. The summed E-state index contributed by atoms with van der Waals surface area (Å²) in [5, 5.41) is 3.05. The molecule has 0 saturated carbocycles. The number of ether oxygens (including phenoxy) is 1. The first kappa shape index (κ1) is 12.0. The topological polar surface area (TPSA) is 85.1 Å². The predicted molar refractivity (Wildman–Crippen MR) is 61.9 cm³/mol. The van der Waals surface area contributed by atoms with Crippen molar-refractivity contribution >= 4 is 11.8 Å². The quantitative estimate of drug-likeness (QED) is 0.538. The van der Waals surface area contributed by atoms with Crippen molar-refractivity contribution in [1.29, 1.82) is 0 Å². The zero-order chi connectivity index (χ0) is 12.3. The van der Waals surface area contributed by atoms with Crippen LogP contribution in [0.2, 0.25) is 0 Å². The van der Waals surface area contributed by atoms with Gasteiger partial charge in [0, 0.05) is 6.61 Å². The third-order valence-electron chi connectivity index (χ3n) is 2.73. The molecule has 1 aliphatic heterocycles. The van der Waals surface area contributed by atoms with E-state index in [4.69, 9.17) is 10.6 Å². The maximum atomic E-state index is 13.5. The molecule has 4 N–H and O–H groups in total. The minimum Gasteiger partial charge on any atom is -0.379 e. The second kappa shape index (κ2) is 4.80. The highest BCUT2D eigenvalue weighted by atomic mass is 19.1. The fourth-order valence-electron chi connectivity index (χ4n) is 1.84. The molecule has 7 heteroatoms. The molecule has 1 aromatic rings. The van der Waals surface area contributed by atoms with Crippen LogP contribution in [0, 0.1) is 5.82 Å². The fourth-order valence-corrected chi connectivity index (χ4v) is 1.84. The molecule has 0 aromatic carbocycles. The molecule has 1 saturated heterocycles. The molecule has 1 aromatic heterocycles. The van der Waals surface area contributed by atoms with Crippen LogP contribution in [0.4, 0.5) is 16.2 Å². The molecule has 0 bridgehead atoms. The first-order valence-electron chi connectivity index (χ1n) is 5.48. The molecule has 1 atom stereocenters. The van der Waals surface area contributed by atoms with E-state index in [-0.39, 0.29) is 17.3 Å². The van der Waals surface area contributed by atoms with E-state index in [0.717, 1.165) is 25.6 Å². The fraction of sp³-hybridized carbons (Fsp3) is 0.600. The van der Waals surface area contributed by atoms with Crippen LogP contribution >= 0.6 is 0 Å². The average molecular weight is 241 g/mol. The van der Waals surface area contributed by atoms with Crippen LogP contribution in [0.25, 0.3) is 0 Å². The summed E-state index contributed by atoms with van der Waals surface area (Å²) < 4.78 is 18.9. The van der Waals surface area contributed by atoms with Crippen molar-refractivity contribution in [2.24, 2.45) is 5.84 Å². The molecule has 0 amide bonds. The van der Waals surface area contributed by atoms with E-state index in [1.807, 2.05) is 6.92 Å². The Kier molecular flexibility index (Phi) is 3.39. The van der Waals surface area contributed by atoms with Crippen LogP contribution in [0.5, 0.6) is 0 Å². The number of anilines is 2. The van der Waals surface area contributed by atoms with E-state index >= 15 is 0 Å². The van der Waals surface area contributed by atoms with Crippen LogP contribution < -0.4 is 16.6 Å². The normalized spacial score (nSPS) is 24.4. The van der Waals surface area contributed by atoms with Crippen molar-refractivity contribution in [2.45, 2.75) is 25.3 Å². The summed E-state index contributed by atoms with van der Waals surface area (Å²) in [6.45, 7) is 3.25. The van der Waals surface area contributed by atoms with E-state index in [9.17, 15) is 4.39 Å². The maximum absolute atomic E-state index is 13.5. The first-order valence-corrected chi connectivity index (χ1v) is 5.48. The van der Waals surface area contributed by atoms with Crippen molar-refractivity contribution in [3.63, 3.8) is 0 Å². The highest BCUT2D eigenvalue weighted by Crippen LogP contribution is 2.24. The Bertz CT molecular complexity index is 394. The van der Waals surface area contributed by atoms with Crippen LogP contribution in [0.15, 0.2) is 6.20 Å². The molecule has 6 nitrogen and oxygen atoms in total. The van der Waals surface area contributed by atoms with Crippen LogP contribution in [-0.4, -0.2) is 28.7 Å². The van der Waals surface area contributed by atoms with Gasteiger partial charge in [-0.05, 0) is 19.8 Å². The first-order chi connectivity index (χ1) is 8.13. The smallest absolute Gasteiger partial charge is 0.239 e. The Morgan fingerprint density at radius 2 is 2.41 bits per heavy atom. The number of rotatable bonds is 3. The van der Waals surface area contributed by atoms with Gasteiger partial charge in [0.1, 0.15) is 0 Å². The van der Waals surface area contributed by atoms with Gasteiger partial charge in [-0.3, -0.25) is 5.43 Å². The van der Waals surface area contributed by atoms with Crippen LogP contribution in [0.3, 0.4) is 0 Å². The highest BCUT2D eigenvalue weighted by molar-refractivity contribution is 5.42. The van der Waals surface area contributed by atoms with E-state index in [1.54, 1.807) is 0 Å². The molecule has 0 spiro atoms. The Labute approximate surface area is 98.7 Å². The molecule has 2 heterocycles. The summed E-state index contributed by atoms with van der Waals surface area (Å²) in [4.78, 5) is 7.62. The van der Waals surface area contributed by atoms with Crippen molar-refractivity contribution < 1.29 is 9.13 Å². The zero-order valence-corrected chi connectivity index (χ0v) is 9.66. The van der Waals surface area contributed by atoms with Gasteiger partial charge in [-0.15, -0.1) is 0 Å². The molecular weight excluding hydrogens is 225 g/mol. The molecule has 1 aliphatic rings. The third kappa shape index (κ3) is 2.80. The summed E-state index contributed by atoms with van der Waals surface area (Å²) in [7, 11) is 0. The second-order valence-corrected chi connectivity index (χ2v) is 4.38. The molecule has 2 rings (SSSR count). The second-order valence-electron chi connectivity index (χ2n) is 4.38. The summed E-state index contributed by atoms with van der Waals surface area (Å²) in [6.07, 6.45) is 2.93. The number of nitrogens with zero attached hydrogens (tertiary/aromatic N) is 2. The van der Waals surface area contributed by atoms with E-state index in [2.05, 4.69) is 20.7 Å². The van der Waals surface area contributed by atoms with Gasteiger partial charge in [0.25, 0.3) is 0 Å². The molecule has 0 aliphatic carbocycles. The Morgan fingerprint density at radius 1 is 1.59 bits per heavy atom. The minimum atomic E-state index is -0.504. The van der Waals surface area contributed by atoms with E-state index < -0.39 is 5.82 Å². The number of nitrogen functional groups attached to an aromatic ring is 1. The molecular formula is C10H16FN5O. The standard InChI is InChI=1S/C10H16FN5O/c1-10(3-2-4-17-6-10)15-8-7(11)5-13-9(14-8)16-12/h5H,2-4,6,12H2,1H3,(H2,13,14,15,16). The number of hydrazine groups is 1. The summed E-state index contributed by atoms with van der Waals surface area (Å²) in [5.41, 5.74) is 1.98. The van der Waals surface area contributed by atoms with Gasteiger partial charge >= 0.3 is 0 Å². The zero-order valence-electron chi connectivity index (χ0n) is 9.66. The number of hydrogen-bond donors (Lipinski definition) is 3. The molecule has 17 heavy (non-hydrogen) atoms. The van der Waals surface area contributed by atoms with Crippen LogP contribution in [-0.2, 0) is 4.74 Å². The van der Waals surface area contributed by atoms with Crippen LogP contribution in [0.1, 0.15) is 19.8 Å². The lowest BCUT2D eigenvalue weighted by atomic mass is 9.95. The number of nitrogens with one attached hydrogen (secondary N) is 2. The van der Waals surface area contributed by atoms with Gasteiger partial charge in [0.05, 0.1) is 18.3 Å². The minimum absolute atomic E-state index is 0.140. The maximum Gasteiger partial charge on any atom is 0.239 e. The predicted octanol–water partition coefficient (Wildman–Crippen LogP) is 0.882. The van der Waals surface area contributed by atoms with Gasteiger partial charge in [-0.25, -0.2) is 15.2 Å². The number of nitrogens with two attached hydrogens (primary N) is 1. The van der Waals surface area contributed by atoms with Gasteiger partial charge < -0.3 is 10.1 Å². The van der Waals surface area contributed by atoms with Gasteiger partial charge in [-0.2, -0.15) is 4.98 Å². The largest absolute Gasteiger partial charge is 0.379 e. The van der Waals surface area contributed by atoms with Crippen molar-refractivity contribution in [3.05, 3.63) is 12.0 Å². The van der Waals surface area contributed by atoms with E-state index in [0.29, 0.717) is 6.61 Å². The van der Waals surface area contributed by atoms with Gasteiger partial charge in [0.2, 0.25) is 5.95 Å². The van der Waals surface area contributed by atoms with Crippen molar-refractivity contribution in [2.75, 3.05) is 24.0 Å². The summed E-state index contributed by atoms with van der Waals surface area (Å²) in [6, 6.07) is 0. The van der Waals surface area contributed by atoms with Gasteiger partial charge in [0.15, 0.2) is 11.6 Å². The molecule has 0 radical (unpaired) electrons. The number of hydrogen-bond acceptors (Lipinski definition) is 6.